The molecule has 4 heterocycles. The molecule has 12 bridgehead atoms. The molecule has 9 nitrogen and oxygen atoms in total. The van der Waals surface area contributed by atoms with Crippen LogP contribution in [0.2, 0.25) is 0 Å². The van der Waals surface area contributed by atoms with Crippen LogP contribution in [0, 0.1) is 0 Å². The molecule has 0 radical (unpaired) electrons. The third-order valence-corrected chi connectivity index (χ3v) is 13.6. The Balaban J connectivity index is 0.000000872. The summed E-state index contributed by atoms with van der Waals surface area (Å²) in [7, 11) is 0. The van der Waals surface area contributed by atoms with Crippen molar-refractivity contribution in [1.82, 2.24) is 47.9 Å². The zero-order valence-corrected chi connectivity index (χ0v) is 42.8. The van der Waals surface area contributed by atoms with Gasteiger partial charge in [0.15, 0.2) is 0 Å². The van der Waals surface area contributed by atoms with E-state index in [9.17, 15) is 0 Å². The molecular weight excluding hydrogens is 835 g/mol. The molecule has 374 valence electrons. The Hall–Kier alpha value is -3.48. The van der Waals surface area contributed by atoms with Crippen LogP contribution < -0.4 is 47.9 Å². The van der Waals surface area contributed by atoms with E-state index < -0.39 is 0 Å². The molecule has 4 aromatic rings. The van der Waals surface area contributed by atoms with Crippen molar-refractivity contribution < 1.29 is 0 Å². The number of hydrogen-bond donors (Lipinski definition) is 9. The third-order valence-electron chi connectivity index (χ3n) is 13.6. The summed E-state index contributed by atoms with van der Waals surface area (Å²) in [4.78, 5) is 0. The van der Waals surface area contributed by atoms with Gasteiger partial charge in [0.05, 0.1) is 0 Å². The zero-order chi connectivity index (χ0) is 47.1. The summed E-state index contributed by atoms with van der Waals surface area (Å²) in [5.41, 5.74) is 16.8. The van der Waals surface area contributed by atoms with E-state index in [1.165, 1.54) is 144 Å². The van der Waals surface area contributed by atoms with Crippen LogP contribution >= 0.6 is 0 Å². The molecule has 9 rings (SSSR count). The standard InChI is InChI=1S/C51H75N9.C6H12.C2H6/c1-4-10-52-31-44-22-42-9-3-6-12-54-33-47-25-46-26-48(27-47)36-59-17-18-60-39-51-29-49(28-50(30-51)38-58-16-14-56-35-45(23-42)24-44)37-57-15-13-55-34-43-20-40(7-1)19-41(21-43)8-2-5-11-53-32-46;1-2-4-6-5-3-1;1-2/h19-30,52-60H,1-18,31-39H2;1-6H2;1-2H3. The summed E-state index contributed by atoms with van der Waals surface area (Å²) in [6, 6.07) is 29.1. The van der Waals surface area contributed by atoms with Crippen molar-refractivity contribution in [2.45, 2.75) is 169 Å². The summed E-state index contributed by atoms with van der Waals surface area (Å²) in [5, 5.41) is 33.9. The van der Waals surface area contributed by atoms with Gasteiger partial charge in [-0.15, -0.1) is 0 Å². The van der Waals surface area contributed by atoms with Crippen molar-refractivity contribution in [2.24, 2.45) is 0 Å². The Morgan fingerprint density at radius 2 is 0.353 bits per heavy atom. The van der Waals surface area contributed by atoms with Gasteiger partial charge in [0.1, 0.15) is 0 Å². The van der Waals surface area contributed by atoms with Gasteiger partial charge in [-0.1, -0.05) is 125 Å². The first-order chi connectivity index (χ1) is 33.7. The molecule has 0 unspecified atom stereocenters. The average molecular weight is 928 g/mol. The Morgan fingerprint density at radius 3 is 0.559 bits per heavy atom. The normalized spacial score (nSPS) is 19.5. The van der Waals surface area contributed by atoms with E-state index in [0.717, 1.165) is 137 Å². The van der Waals surface area contributed by atoms with E-state index in [2.05, 4.69) is 121 Å². The molecule has 0 amide bonds. The number of nitrogens with one attached hydrogen (secondary N) is 9. The number of fused-ring (bicyclic) bond motifs is 30. The predicted octanol–water partition coefficient (Wildman–Crippen LogP) is 8.97. The van der Waals surface area contributed by atoms with Crippen LogP contribution in [0.15, 0.2) is 72.8 Å². The lowest BCUT2D eigenvalue weighted by Gasteiger charge is -2.14. The van der Waals surface area contributed by atoms with Gasteiger partial charge in [0.25, 0.3) is 0 Å². The van der Waals surface area contributed by atoms with Crippen LogP contribution in [0.1, 0.15) is 158 Å². The highest BCUT2D eigenvalue weighted by atomic mass is 15.0. The summed E-state index contributed by atoms with van der Waals surface area (Å²) >= 11 is 0. The van der Waals surface area contributed by atoms with Crippen molar-refractivity contribution in [3.8, 4) is 0 Å². The van der Waals surface area contributed by atoms with Crippen molar-refractivity contribution in [1.29, 1.82) is 0 Å². The second-order valence-electron chi connectivity index (χ2n) is 19.7. The van der Waals surface area contributed by atoms with Crippen molar-refractivity contribution in [3.05, 3.63) is 140 Å². The number of hydrogen-bond acceptors (Lipinski definition) is 9. The quantitative estimate of drug-likeness (QED) is 0.0855. The van der Waals surface area contributed by atoms with E-state index in [0.29, 0.717) is 0 Å². The Morgan fingerprint density at radius 1 is 0.191 bits per heavy atom. The highest BCUT2D eigenvalue weighted by Crippen LogP contribution is 2.19. The maximum absolute atomic E-state index is 3.81. The average Bonchev–Trinajstić information content (AvgIpc) is 3.36. The Labute approximate surface area is 413 Å². The minimum atomic E-state index is 0.861. The molecule has 0 aromatic heterocycles. The molecule has 0 atom stereocenters. The number of rotatable bonds is 0. The van der Waals surface area contributed by atoms with Gasteiger partial charge in [-0.3, -0.25) is 0 Å². The van der Waals surface area contributed by atoms with Crippen molar-refractivity contribution in [2.75, 3.05) is 58.9 Å². The maximum Gasteiger partial charge on any atom is 0.0206 e. The summed E-state index contributed by atoms with van der Waals surface area (Å²) in [6.45, 7) is 20.7. The van der Waals surface area contributed by atoms with E-state index >= 15 is 0 Å². The third kappa shape index (κ3) is 21.7. The topological polar surface area (TPSA) is 108 Å². The van der Waals surface area contributed by atoms with Gasteiger partial charge < -0.3 is 47.9 Å². The van der Waals surface area contributed by atoms with Gasteiger partial charge >= 0.3 is 0 Å². The molecular formula is C59H93N9. The zero-order valence-electron chi connectivity index (χ0n) is 42.8. The molecule has 9 heteroatoms. The molecule has 4 aromatic carbocycles. The van der Waals surface area contributed by atoms with E-state index in [1.54, 1.807) is 0 Å². The molecule has 9 N–H and O–H groups in total. The first-order valence-electron chi connectivity index (χ1n) is 27.5. The smallest absolute Gasteiger partial charge is 0.0206 e. The van der Waals surface area contributed by atoms with Gasteiger partial charge in [-0.05, 0) is 144 Å². The fourth-order valence-electron chi connectivity index (χ4n) is 10.1. The van der Waals surface area contributed by atoms with Gasteiger partial charge in [-0.2, -0.15) is 0 Å². The van der Waals surface area contributed by atoms with Crippen LogP contribution in [0.25, 0.3) is 0 Å². The number of benzene rings is 4. The number of aryl methyl sites for hydroxylation is 3. The molecule has 0 spiro atoms. The van der Waals surface area contributed by atoms with Crippen LogP contribution in [-0.2, 0) is 78.2 Å². The highest BCUT2D eigenvalue weighted by molar-refractivity contribution is 5.33. The lowest BCUT2D eigenvalue weighted by Crippen LogP contribution is -2.28. The largest absolute Gasteiger partial charge is 0.313 e. The second-order valence-corrected chi connectivity index (χ2v) is 19.7. The van der Waals surface area contributed by atoms with Gasteiger partial charge in [-0.25, -0.2) is 0 Å². The van der Waals surface area contributed by atoms with Crippen LogP contribution in [0.3, 0.4) is 0 Å². The van der Waals surface area contributed by atoms with Crippen LogP contribution in [-0.4, -0.2) is 58.9 Å². The summed E-state index contributed by atoms with van der Waals surface area (Å²) in [6.07, 6.45) is 19.5. The first kappa shape index (κ1) is 53.9. The van der Waals surface area contributed by atoms with E-state index in [1.807, 2.05) is 13.8 Å². The molecule has 4 aliphatic heterocycles. The highest BCUT2D eigenvalue weighted by Gasteiger charge is 2.09. The monoisotopic (exact) mass is 928 g/mol. The molecule has 5 aliphatic rings. The van der Waals surface area contributed by atoms with Gasteiger partial charge in [0.2, 0.25) is 0 Å². The van der Waals surface area contributed by atoms with Crippen LogP contribution in [0.4, 0.5) is 0 Å². The van der Waals surface area contributed by atoms with Crippen LogP contribution in [0.5, 0.6) is 0 Å². The molecule has 68 heavy (non-hydrogen) atoms. The molecule has 0 saturated heterocycles. The Kier molecular flexibility index (Phi) is 26.3. The summed E-state index contributed by atoms with van der Waals surface area (Å²) < 4.78 is 0. The Bertz CT molecular complexity index is 1440. The van der Waals surface area contributed by atoms with E-state index in [4.69, 9.17) is 0 Å². The fraction of sp³-hybridized carbons (Fsp3) is 0.593. The van der Waals surface area contributed by atoms with Crippen molar-refractivity contribution >= 4 is 0 Å². The van der Waals surface area contributed by atoms with E-state index in [-0.39, 0.29) is 0 Å². The minimum absolute atomic E-state index is 0.861. The molecule has 1 saturated carbocycles. The first-order valence-corrected chi connectivity index (χ1v) is 27.5. The molecule has 1 aliphatic carbocycles. The lowest BCUT2D eigenvalue weighted by molar-refractivity contribution is 0.504. The molecule has 1 fully saturated rings. The lowest BCUT2D eigenvalue weighted by atomic mass is 9.98. The fourth-order valence-corrected chi connectivity index (χ4v) is 10.1. The summed E-state index contributed by atoms with van der Waals surface area (Å²) in [5.74, 6) is 0. The minimum Gasteiger partial charge on any atom is -0.313 e. The van der Waals surface area contributed by atoms with Crippen molar-refractivity contribution in [3.63, 3.8) is 0 Å². The SMILES string of the molecule is C1CCCCC1.CC.c1c2cc3cc1CCCCNCc1cc4cc(c1)CNCCNCc1cc(cc(c1)CNCCNCc1cc(cc(c1)CNCCCC2)CCCCNC4)CNCCNC3. The van der Waals surface area contributed by atoms with Gasteiger partial charge in [0, 0.05) is 98.2 Å². The second kappa shape index (κ2) is 33.2. The predicted molar refractivity (Wildman–Crippen MR) is 289 cm³/mol. The maximum atomic E-state index is 3.81.